The molecule has 0 radical (unpaired) electrons. The van der Waals surface area contributed by atoms with Crippen molar-refractivity contribution in [3.63, 3.8) is 0 Å². The second-order valence-corrected chi connectivity index (χ2v) is 6.78. The first kappa shape index (κ1) is 15.6. The van der Waals surface area contributed by atoms with E-state index >= 15 is 0 Å². The van der Waals surface area contributed by atoms with Gasteiger partial charge in [-0.3, -0.25) is 4.68 Å². The molecule has 1 aliphatic rings. The van der Waals surface area contributed by atoms with E-state index < -0.39 is 0 Å². The van der Waals surface area contributed by atoms with Crippen molar-refractivity contribution < 1.29 is 5.11 Å². The molecule has 0 amide bonds. The van der Waals surface area contributed by atoms with Gasteiger partial charge >= 0.3 is 0 Å². The van der Waals surface area contributed by atoms with Crippen molar-refractivity contribution in [3.05, 3.63) is 17.5 Å². The number of aliphatic hydroxyl groups is 1. The van der Waals surface area contributed by atoms with Gasteiger partial charge in [0.25, 0.3) is 0 Å². The van der Waals surface area contributed by atoms with Crippen molar-refractivity contribution in [2.75, 3.05) is 0 Å². The molecule has 114 valence electrons. The Morgan fingerprint density at radius 1 is 1.25 bits per heavy atom. The van der Waals surface area contributed by atoms with Crippen LogP contribution in [0.15, 0.2) is 6.07 Å². The summed E-state index contributed by atoms with van der Waals surface area (Å²) < 4.78 is 2.03. The van der Waals surface area contributed by atoms with Gasteiger partial charge in [-0.2, -0.15) is 5.10 Å². The van der Waals surface area contributed by atoms with E-state index in [1.165, 1.54) is 31.4 Å². The van der Waals surface area contributed by atoms with Crippen molar-refractivity contribution in [1.82, 2.24) is 9.78 Å². The average molecular weight is 278 g/mol. The fraction of sp³-hybridized carbons (Fsp3) is 0.824. The summed E-state index contributed by atoms with van der Waals surface area (Å²) in [4.78, 5) is 0. The normalized spacial score (nSPS) is 25.1. The molecule has 1 heterocycles. The lowest BCUT2D eigenvalue weighted by atomic mass is 9.74. The molecular weight excluding hydrogens is 248 g/mol. The first-order valence-corrected chi connectivity index (χ1v) is 8.22. The third-order valence-electron chi connectivity index (χ3n) is 5.01. The minimum atomic E-state index is -0.204. The van der Waals surface area contributed by atoms with E-state index in [0.717, 1.165) is 30.5 Å². The predicted molar refractivity (Wildman–Crippen MR) is 82.6 cm³/mol. The standard InChI is InChI=1S/C17H30N2O/c1-5-19-16(10-13(4)18-19)11-17(20)15-8-6-14(7-9-15)12(2)3/h10,12,14-15,17,20H,5-9,11H2,1-4H3. The summed E-state index contributed by atoms with van der Waals surface area (Å²) in [6.45, 7) is 9.66. The third-order valence-corrected chi connectivity index (χ3v) is 5.01. The molecule has 20 heavy (non-hydrogen) atoms. The van der Waals surface area contributed by atoms with Crippen LogP contribution in [0.5, 0.6) is 0 Å². The van der Waals surface area contributed by atoms with E-state index in [1.54, 1.807) is 0 Å². The average Bonchev–Trinajstić information content (AvgIpc) is 2.78. The van der Waals surface area contributed by atoms with Crippen LogP contribution in [0.25, 0.3) is 0 Å². The van der Waals surface area contributed by atoms with Crippen LogP contribution in [0.1, 0.15) is 57.8 Å². The Bertz CT molecular complexity index is 417. The second kappa shape index (κ2) is 6.75. The van der Waals surface area contributed by atoms with Gasteiger partial charge in [-0.1, -0.05) is 13.8 Å². The van der Waals surface area contributed by atoms with E-state index in [2.05, 4.69) is 31.9 Å². The van der Waals surface area contributed by atoms with Gasteiger partial charge in [0.15, 0.2) is 0 Å². The monoisotopic (exact) mass is 278 g/mol. The zero-order valence-electron chi connectivity index (χ0n) is 13.5. The van der Waals surface area contributed by atoms with Crippen LogP contribution in [0.2, 0.25) is 0 Å². The van der Waals surface area contributed by atoms with Gasteiger partial charge in [0.1, 0.15) is 0 Å². The van der Waals surface area contributed by atoms with Gasteiger partial charge in [-0.05, 0) is 63.4 Å². The first-order valence-electron chi connectivity index (χ1n) is 8.22. The summed E-state index contributed by atoms with van der Waals surface area (Å²) in [5.41, 5.74) is 2.24. The van der Waals surface area contributed by atoms with E-state index in [1.807, 2.05) is 11.6 Å². The second-order valence-electron chi connectivity index (χ2n) is 6.78. The van der Waals surface area contributed by atoms with Crippen molar-refractivity contribution in [2.45, 2.75) is 72.4 Å². The Hall–Kier alpha value is -0.830. The first-order chi connectivity index (χ1) is 9.51. The van der Waals surface area contributed by atoms with Crippen LogP contribution >= 0.6 is 0 Å². The molecule has 1 aromatic heterocycles. The van der Waals surface area contributed by atoms with Crippen molar-refractivity contribution in [3.8, 4) is 0 Å². The van der Waals surface area contributed by atoms with Crippen LogP contribution in [0.4, 0.5) is 0 Å². The number of nitrogens with zero attached hydrogens (tertiary/aromatic N) is 2. The lowest BCUT2D eigenvalue weighted by Crippen LogP contribution is -2.29. The molecule has 1 N–H and O–H groups in total. The number of aryl methyl sites for hydroxylation is 2. The number of hydrogen-bond acceptors (Lipinski definition) is 2. The third kappa shape index (κ3) is 3.63. The van der Waals surface area contributed by atoms with Crippen molar-refractivity contribution in [1.29, 1.82) is 0 Å². The van der Waals surface area contributed by atoms with Crippen LogP contribution in [0.3, 0.4) is 0 Å². The molecule has 0 spiro atoms. The van der Waals surface area contributed by atoms with E-state index in [0.29, 0.717) is 5.92 Å². The Kier molecular flexibility index (Phi) is 5.25. The number of rotatable bonds is 5. The summed E-state index contributed by atoms with van der Waals surface area (Å²) >= 11 is 0. The minimum Gasteiger partial charge on any atom is -0.392 e. The summed E-state index contributed by atoms with van der Waals surface area (Å²) in [5.74, 6) is 2.13. The summed E-state index contributed by atoms with van der Waals surface area (Å²) in [6, 6.07) is 2.12. The SMILES string of the molecule is CCn1nc(C)cc1CC(O)C1CCC(C(C)C)CC1. The van der Waals surface area contributed by atoms with Crippen LogP contribution < -0.4 is 0 Å². The predicted octanol–water partition coefficient (Wildman–Crippen LogP) is 3.58. The van der Waals surface area contributed by atoms with E-state index in [4.69, 9.17) is 0 Å². The largest absolute Gasteiger partial charge is 0.392 e. The molecule has 1 saturated carbocycles. The molecular formula is C17H30N2O. The molecule has 0 aromatic carbocycles. The zero-order valence-corrected chi connectivity index (χ0v) is 13.5. The molecule has 0 aliphatic heterocycles. The van der Waals surface area contributed by atoms with Gasteiger partial charge in [0.05, 0.1) is 11.8 Å². The molecule has 1 aromatic rings. The summed E-state index contributed by atoms with van der Waals surface area (Å²) in [5, 5.41) is 15.0. The Balaban J connectivity index is 1.91. The molecule has 0 bridgehead atoms. The lowest BCUT2D eigenvalue weighted by molar-refractivity contribution is 0.0660. The summed E-state index contributed by atoms with van der Waals surface area (Å²) in [6.07, 6.45) is 5.49. The molecule has 1 unspecified atom stereocenters. The highest BCUT2D eigenvalue weighted by Gasteiger charge is 2.28. The smallest absolute Gasteiger partial charge is 0.0623 e. The Morgan fingerprint density at radius 2 is 1.85 bits per heavy atom. The molecule has 1 fully saturated rings. The fourth-order valence-electron chi connectivity index (χ4n) is 3.61. The fourth-order valence-corrected chi connectivity index (χ4v) is 3.61. The van der Waals surface area contributed by atoms with Crippen LogP contribution in [-0.4, -0.2) is 21.0 Å². The van der Waals surface area contributed by atoms with E-state index in [9.17, 15) is 5.11 Å². The van der Waals surface area contributed by atoms with Gasteiger partial charge in [0.2, 0.25) is 0 Å². The van der Waals surface area contributed by atoms with Gasteiger partial charge in [-0.25, -0.2) is 0 Å². The highest BCUT2D eigenvalue weighted by atomic mass is 16.3. The highest BCUT2D eigenvalue weighted by molar-refractivity contribution is 5.10. The Labute approximate surface area is 123 Å². The maximum atomic E-state index is 10.5. The highest BCUT2D eigenvalue weighted by Crippen LogP contribution is 2.35. The minimum absolute atomic E-state index is 0.204. The number of hydrogen-bond donors (Lipinski definition) is 1. The van der Waals surface area contributed by atoms with Gasteiger partial charge < -0.3 is 5.11 Å². The van der Waals surface area contributed by atoms with Gasteiger partial charge in [0, 0.05) is 18.7 Å². The topological polar surface area (TPSA) is 38.0 Å². The number of aromatic nitrogens is 2. The quantitative estimate of drug-likeness (QED) is 0.894. The van der Waals surface area contributed by atoms with Crippen molar-refractivity contribution in [2.24, 2.45) is 17.8 Å². The molecule has 3 nitrogen and oxygen atoms in total. The Morgan fingerprint density at radius 3 is 2.40 bits per heavy atom. The van der Waals surface area contributed by atoms with E-state index in [-0.39, 0.29) is 6.10 Å². The van der Waals surface area contributed by atoms with Crippen LogP contribution in [-0.2, 0) is 13.0 Å². The molecule has 1 atom stereocenters. The zero-order chi connectivity index (χ0) is 14.7. The molecule has 0 saturated heterocycles. The van der Waals surface area contributed by atoms with Crippen LogP contribution in [0, 0.1) is 24.7 Å². The summed E-state index contributed by atoms with van der Waals surface area (Å²) in [7, 11) is 0. The molecule has 2 rings (SSSR count). The van der Waals surface area contributed by atoms with Gasteiger partial charge in [-0.15, -0.1) is 0 Å². The molecule has 1 aliphatic carbocycles. The maximum Gasteiger partial charge on any atom is 0.0623 e. The lowest BCUT2D eigenvalue weighted by Gasteiger charge is -2.33. The number of aliphatic hydroxyl groups excluding tert-OH is 1. The molecule has 3 heteroatoms. The maximum absolute atomic E-state index is 10.5. The van der Waals surface area contributed by atoms with Crippen molar-refractivity contribution >= 4 is 0 Å².